The van der Waals surface area contributed by atoms with Gasteiger partial charge in [-0.2, -0.15) is 4.98 Å². The number of sulfone groups is 1. The van der Waals surface area contributed by atoms with Crippen LogP contribution in [0.15, 0.2) is 53.6 Å². The summed E-state index contributed by atoms with van der Waals surface area (Å²) in [4.78, 5) is 27.3. The average Bonchev–Trinajstić information content (AvgIpc) is 3.06. The zero-order valence-electron chi connectivity index (χ0n) is 28.5. The zero-order chi connectivity index (χ0) is 34.6. The van der Waals surface area contributed by atoms with E-state index in [1.54, 1.807) is 51.2 Å². The number of rotatable bonds is 11. The number of ether oxygens (including phenoxy) is 1. The van der Waals surface area contributed by atoms with Crippen molar-refractivity contribution in [2.24, 2.45) is 0 Å². The molecule has 0 saturated carbocycles. The second-order valence-electron chi connectivity index (χ2n) is 12.9. The van der Waals surface area contributed by atoms with E-state index in [2.05, 4.69) is 48.8 Å². The number of halogens is 1. The van der Waals surface area contributed by atoms with Crippen molar-refractivity contribution in [1.82, 2.24) is 25.1 Å². The number of anilines is 4. The minimum Gasteiger partial charge on any atom is -0.489 e. The molecule has 0 unspecified atom stereocenters. The first-order valence-electron chi connectivity index (χ1n) is 16.5. The maximum atomic E-state index is 13.3. The van der Waals surface area contributed by atoms with Gasteiger partial charge >= 0.3 is 0 Å². The largest absolute Gasteiger partial charge is 0.489 e. The summed E-state index contributed by atoms with van der Waals surface area (Å²) < 4.78 is 32.4. The van der Waals surface area contributed by atoms with Gasteiger partial charge in [0.25, 0.3) is 5.91 Å². The lowest BCUT2D eigenvalue weighted by Crippen LogP contribution is -2.49. The van der Waals surface area contributed by atoms with Crippen LogP contribution in [0.25, 0.3) is 5.57 Å². The van der Waals surface area contributed by atoms with Crippen LogP contribution in [0.2, 0.25) is 5.02 Å². The second kappa shape index (κ2) is 15.2. The number of para-hydroxylation sites is 1. The Kier molecular flexibility index (Phi) is 11.3. The van der Waals surface area contributed by atoms with Gasteiger partial charge in [0.15, 0.2) is 15.7 Å². The topological polar surface area (TPSA) is 129 Å². The number of benzene rings is 2. The molecule has 11 nitrogen and oxygen atoms in total. The number of carbonyl (C=O) groups excluding carboxylic acids is 1. The first kappa shape index (κ1) is 35.6. The first-order valence-corrected chi connectivity index (χ1v) is 18.4. The molecule has 5 rings (SSSR count). The molecule has 13 heteroatoms. The van der Waals surface area contributed by atoms with E-state index in [0.717, 1.165) is 56.6 Å². The van der Waals surface area contributed by atoms with Crippen LogP contribution in [0.3, 0.4) is 0 Å². The van der Waals surface area contributed by atoms with E-state index in [9.17, 15) is 13.2 Å². The molecule has 48 heavy (non-hydrogen) atoms. The lowest BCUT2D eigenvalue weighted by atomic mass is 9.87. The summed E-state index contributed by atoms with van der Waals surface area (Å²) in [5.41, 5.74) is 3.34. The molecule has 1 aliphatic heterocycles. The van der Waals surface area contributed by atoms with Crippen molar-refractivity contribution in [3.8, 4) is 5.75 Å². The SMILES string of the molecule is CNC(=O)c1cc(Nc2ncc(Cl)c(Nc3ccccc3S(=O)(=O)C(C)C)n2)c(OC(C)C)cc1C1=CC[C@H](N2CCN(C)CC2)CC1. The number of carbonyl (C=O) groups is 1. The molecular weight excluding hydrogens is 650 g/mol. The predicted octanol–water partition coefficient (Wildman–Crippen LogP) is 6.13. The molecule has 0 radical (unpaired) electrons. The van der Waals surface area contributed by atoms with Crippen LogP contribution in [0, 0.1) is 0 Å². The number of allylic oxidation sites excluding steroid dienone is 1. The first-order chi connectivity index (χ1) is 22.9. The fraction of sp³-hybridized carbons (Fsp3) is 0.457. The Morgan fingerprint density at radius 2 is 1.77 bits per heavy atom. The number of nitrogens with one attached hydrogen (secondary N) is 3. The predicted molar refractivity (Wildman–Crippen MR) is 193 cm³/mol. The molecule has 1 aromatic heterocycles. The van der Waals surface area contributed by atoms with Crippen LogP contribution >= 0.6 is 11.6 Å². The van der Waals surface area contributed by atoms with Gasteiger partial charge in [0.05, 0.1) is 33.8 Å². The van der Waals surface area contributed by atoms with Crippen LogP contribution in [0.5, 0.6) is 5.75 Å². The molecule has 1 fully saturated rings. The third-order valence-corrected chi connectivity index (χ3v) is 11.3. The maximum absolute atomic E-state index is 13.3. The van der Waals surface area contributed by atoms with E-state index >= 15 is 0 Å². The van der Waals surface area contributed by atoms with Crippen LogP contribution in [0.4, 0.5) is 23.1 Å². The van der Waals surface area contributed by atoms with Crippen molar-refractivity contribution in [3.05, 3.63) is 64.8 Å². The number of piperazine rings is 1. The number of aromatic nitrogens is 2. The van der Waals surface area contributed by atoms with Crippen molar-refractivity contribution in [3.63, 3.8) is 0 Å². The monoisotopic (exact) mass is 695 g/mol. The van der Waals surface area contributed by atoms with Crippen molar-refractivity contribution in [2.75, 3.05) is 50.9 Å². The minimum atomic E-state index is -3.58. The summed E-state index contributed by atoms with van der Waals surface area (Å²) in [6.45, 7) is 11.5. The number of likely N-dealkylation sites (N-methyl/N-ethyl adjacent to an activating group) is 1. The van der Waals surface area contributed by atoms with E-state index in [0.29, 0.717) is 28.7 Å². The molecule has 0 spiro atoms. The summed E-state index contributed by atoms with van der Waals surface area (Å²) in [7, 11) is 0.205. The molecule has 2 aromatic carbocycles. The van der Waals surface area contributed by atoms with Gasteiger partial charge in [-0.3, -0.25) is 9.69 Å². The van der Waals surface area contributed by atoms with Crippen LogP contribution in [0.1, 0.15) is 62.9 Å². The summed E-state index contributed by atoms with van der Waals surface area (Å²) in [6, 6.07) is 10.8. The van der Waals surface area contributed by atoms with Crippen LogP contribution in [-0.2, 0) is 9.84 Å². The smallest absolute Gasteiger partial charge is 0.251 e. The Balaban J connectivity index is 1.47. The number of nitrogens with zero attached hydrogens (tertiary/aromatic N) is 4. The van der Waals surface area contributed by atoms with E-state index < -0.39 is 15.1 Å². The van der Waals surface area contributed by atoms with Gasteiger partial charge in [0.1, 0.15) is 10.8 Å². The van der Waals surface area contributed by atoms with E-state index in [4.69, 9.17) is 16.3 Å². The van der Waals surface area contributed by atoms with Crippen molar-refractivity contribution in [2.45, 2.75) is 69.2 Å². The lowest BCUT2D eigenvalue weighted by molar-refractivity contribution is 0.0962. The number of amides is 1. The molecule has 258 valence electrons. The molecule has 1 aliphatic carbocycles. The van der Waals surface area contributed by atoms with Crippen molar-refractivity contribution >= 4 is 56.1 Å². The van der Waals surface area contributed by atoms with Gasteiger partial charge in [0.2, 0.25) is 5.95 Å². The molecule has 3 aromatic rings. The Morgan fingerprint density at radius 1 is 1.04 bits per heavy atom. The third kappa shape index (κ3) is 8.11. The highest BCUT2D eigenvalue weighted by molar-refractivity contribution is 7.92. The summed E-state index contributed by atoms with van der Waals surface area (Å²) in [5.74, 6) is 0.740. The highest BCUT2D eigenvalue weighted by atomic mass is 35.5. The Labute approximate surface area is 289 Å². The fourth-order valence-electron chi connectivity index (χ4n) is 6.04. The summed E-state index contributed by atoms with van der Waals surface area (Å²) in [5, 5.41) is 8.69. The highest BCUT2D eigenvalue weighted by Crippen LogP contribution is 2.39. The molecule has 1 amide bonds. The number of hydrogen-bond donors (Lipinski definition) is 3. The molecule has 2 aliphatic rings. The van der Waals surface area contributed by atoms with Gasteiger partial charge < -0.3 is 25.6 Å². The van der Waals surface area contributed by atoms with E-state index in [-0.39, 0.29) is 33.7 Å². The standard InChI is InChI=1S/C35H46ClN7O4S/c1-22(2)47-31-20-26(24-11-13-25(14-12-24)43-17-15-42(6)16-18-43)27(34(44)37-5)19-30(31)40-35-38-21-28(36)33(41-35)39-29-9-7-8-10-32(29)48(45,46)23(3)4/h7-11,19-23,25H,12-18H2,1-6H3,(H,37,44)(H2,38,39,40,41)/t25-/m0/s1. The Hall–Kier alpha value is -3.71. The third-order valence-electron chi connectivity index (χ3n) is 8.80. The van der Waals surface area contributed by atoms with E-state index in [1.165, 1.54) is 6.20 Å². The van der Waals surface area contributed by atoms with Crippen molar-refractivity contribution in [1.29, 1.82) is 0 Å². The number of hydrogen-bond acceptors (Lipinski definition) is 10. The summed E-state index contributed by atoms with van der Waals surface area (Å²) in [6.07, 6.45) is 6.38. The van der Waals surface area contributed by atoms with Gasteiger partial charge in [-0.15, -0.1) is 0 Å². The normalized spacial score (nSPS) is 17.7. The fourth-order valence-corrected chi connectivity index (χ4v) is 7.38. The minimum absolute atomic E-state index is 0.144. The lowest BCUT2D eigenvalue weighted by Gasteiger charge is -2.39. The Morgan fingerprint density at radius 3 is 2.42 bits per heavy atom. The molecular formula is C35H46ClN7O4S. The van der Waals surface area contributed by atoms with Gasteiger partial charge in [-0.25, -0.2) is 13.4 Å². The average molecular weight is 696 g/mol. The zero-order valence-corrected chi connectivity index (χ0v) is 30.1. The second-order valence-corrected chi connectivity index (χ2v) is 15.7. The van der Waals surface area contributed by atoms with Gasteiger partial charge in [0, 0.05) is 44.8 Å². The van der Waals surface area contributed by atoms with Crippen LogP contribution < -0.4 is 20.7 Å². The van der Waals surface area contributed by atoms with E-state index in [1.807, 2.05) is 19.9 Å². The quantitative estimate of drug-likeness (QED) is 0.216. The van der Waals surface area contributed by atoms with Gasteiger partial charge in [-0.1, -0.05) is 29.8 Å². The van der Waals surface area contributed by atoms with Crippen molar-refractivity contribution < 1.29 is 17.9 Å². The summed E-state index contributed by atoms with van der Waals surface area (Å²) >= 11 is 6.48. The maximum Gasteiger partial charge on any atom is 0.251 e. The molecule has 1 saturated heterocycles. The van der Waals surface area contributed by atoms with Crippen LogP contribution in [-0.4, -0.2) is 91.8 Å². The van der Waals surface area contributed by atoms with Gasteiger partial charge in [-0.05, 0) is 89.4 Å². The molecule has 1 atom stereocenters. The molecule has 3 N–H and O–H groups in total. The molecule has 2 heterocycles. The molecule has 0 bridgehead atoms. The Bertz CT molecular complexity index is 1770. The highest BCUT2D eigenvalue weighted by Gasteiger charge is 2.27.